The van der Waals surface area contributed by atoms with E-state index < -0.39 is 37.1 Å². The summed E-state index contributed by atoms with van der Waals surface area (Å²) in [5.41, 5.74) is 5.05. The van der Waals surface area contributed by atoms with Crippen molar-refractivity contribution in [2.75, 3.05) is 39.1 Å². The van der Waals surface area contributed by atoms with Gasteiger partial charge in [-0.1, -0.05) is 5.16 Å². The Kier molecular flexibility index (Phi) is 7.49. The quantitative estimate of drug-likeness (QED) is 0.225. The predicted molar refractivity (Wildman–Crippen MR) is 116 cm³/mol. The summed E-state index contributed by atoms with van der Waals surface area (Å²) >= 11 is 1.09. The van der Waals surface area contributed by atoms with Gasteiger partial charge in [-0.2, -0.15) is 0 Å². The first-order chi connectivity index (χ1) is 15.7. The molecule has 1 aromatic heterocycles. The van der Waals surface area contributed by atoms with E-state index in [0.29, 0.717) is 0 Å². The van der Waals surface area contributed by atoms with E-state index in [2.05, 4.69) is 15.5 Å². The van der Waals surface area contributed by atoms with Gasteiger partial charge in [0.25, 0.3) is 11.8 Å². The number of hydrazine groups is 1. The molecule has 2 aliphatic rings. The average Bonchev–Trinajstić information content (AvgIpc) is 3.42. The van der Waals surface area contributed by atoms with E-state index in [0.717, 1.165) is 16.3 Å². The van der Waals surface area contributed by atoms with E-state index in [1.165, 1.54) is 17.5 Å². The fourth-order valence-corrected chi connectivity index (χ4v) is 5.80. The maximum Gasteiger partial charge on any atom is 0.361 e. The molecule has 1 saturated heterocycles. The number of carboxylic acids is 1. The van der Waals surface area contributed by atoms with E-state index in [-0.39, 0.29) is 48.2 Å². The van der Waals surface area contributed by atoms with Gasteiger partial charge in [0.15, 0.2) is 16.5 Å². The van der Waals surface area contributed by atoms with Crippen LogP contribution in [-0.2, 0) is 32.8 Å². The van der Waals surface area contributed by atoms with Gasteiger partial charge < -0.3 is 30.0 Å². The zero-order valence-corrected chi connectivity index (χ0v) is 19.7. The first-order valence-electron chi connectivity index (χ1n) is 9.75. The van der Waals surface area contributed by atoms with Crippen molar-refractivity contribution in [3.05, 3.63) is 22.1 Å². The minimum absolute atomic E-state index is 0.0169. The molecule has 180 valence electrons. The van der Waals surface area contributed by atoms with Gasteiger partial charge >= 0.3 is 13.6 Å². The number of anilines is 1. The normalized spacial score (nSPS) is 19.2. The summed E-state index contributed by atoms with van der Waals surface area (Å²) in [5, 5.41) is 19.7. The molecule has 1 aromatic rings. The van der Waals surface area contributed by atoms with Crippen LogP contribution in [-0.4, -0.2) is 83.1 Å². The summed E-state index contributed by atoms with van der Waals surface area (Å²) in [7, 11) is -2.70. The van der Waals surface area contributed by atoms with Crippen molar-refractivity contribution in [3.63, 3.8) is 0 Å². The molecule has 0 saturated carbocycles. The van der Waals surface area contributed by atoms with Crippen LogP contribution >= 0.6 is 18.9 Å². The molecule has 0 spiro atoms. The lowest BCUT2D eigenvalue weighted by Crippen LogP contribution is -2.46. The third-order valence-corrected chi connectivity index (χ3v) is 7.48. The number of carbonyl (C=O) groups excluding carboxylic acids is 2. The summed E-state index contributed by atoms with van der Waals surface area (Å²) in [5.74, 6) is -2.98. The number of thiazole rings is 1. The number of carboxylic acid groups (broad SMARTS) is 1. The van der Waals surface area contributed by atoms with Gasteiger partial charge in [-0.25, -0.2) is 19.8 Å². The molecule has 0 unspecified atom stereocenters. The Morgan fingerprint density at radius 2 is 2.06 bits per heavy atom. The molecule has 1 fully saturated rings. The molecule has 0 bridgehead atoms. The molecule has 1 atom stereocenters. The number of carbonyl (C=O) groups is 3. The summed E-state index contributed by atoms with van der Waals surface area (Å²) in [4.78, 5) is 46.5. The lowest BCUT2D eigenvalue weighted by Gasteiger charge is -2.19. The number of nitrogens with one attached hydrogen (secondary N) is 1. The first kappa shape index (κ1) is 24.8. The van der Waals surface area contributed by atoms with Gasteiger partial charge in [0, 0.05) is 11.9 Å². The van der Waals surface area contributed by atoms with Crippen LogP contribution in [0.2, 0.25) is 0 Å². The second-order valence-electron chi connectivity index (χ2n) is 6.65. The Hall–Kier alpha value is -2.84. The zero-order chi connectivity index (χ0) is 24.3. The maximum atomic E-state index is 13.2. The van der Waals surface area contributed by atoms with Crippen LogP contribution < -0.4 is 11.1 Å². The number of nitrogens with zero attached hydrogens (tertiary/aromatic N) is 4. The Morgan fingerprint density at radius 1 is 1.39 bits per heavy atom. The molecular weight excluding hydrogens is 479 g/mol. The average molecular weight is 502 g/mol. The van der Waals surface area contributed by atoms with E-state index >= 15 is 0 Å². The smallest absolute Gasteiger partial charge is 0.361 e. The molecule has 3 heterocycles. The Morgan fingerprint density at radius 3 is 2.58 bits per heavy atom. The van der Waals surface area contributed by atoms with Crippen molar-refractivity contribution in [2.45, 2.75) is 19.9 Å². The summed E-state index contributed by atoms with van der Waals surface area (Å²) < 4.78 is 23.7. The lowest BCUT2D eigenvalue weighted by molar-refractivity contribution is -0.143. The molecular formula is C17H23N6O8PS. The number of aromatic nitrogens is 1. The van der Waals surface area contributed by atoms with Crippen molar-refractivity contribution in [2.24, 2.45) is 5.16 Å². The van der Waals surface area contributed by atoms with Gasteiger partial charge in [-0.05, 0) is 13.8 Å². The molecule has 3 rings (SSSR count). The highest BCUT2D eigenvalue weighted by Gasteiger charge is 2.52. The Bertz CT molecular complexity index is 1060. The number of oxime groups is 1. The second kappa shape index (κ2) is 9.97. The van der Waals surface area contributed by atoms with Crippen LogP contribution in [0.5, 0.6) is 0 Å². The summed E-state index contributed by atoms with van der Waals surface area (Å²) in [6, 6.07) is -1.11. The molecule has 33 heavy (non-hydrogen) atoms. The number of hydrogen-bond acceptors (Lipinski definition) is 12. The number of aliphatic carboxylic acids is 1. The van der Waals surface area contributed by atoms with Crippen LogP contribution in [0.25, 0.3) is 0 Å². The zero-order valence-electron chi connectivity index (χ0n) is 18.0. The van der Waals surface area contributed by atoms with E-state index in [1.54, 1.807) is 13.8 Å². The van der Waals surface area contributed by atoms with Crippen LogP contribution in [0, 0.1) is 0 Å². The minimum atomic E-state index is -3.95. The number of nitrogen functional groups attached to an aromatic ring is 1. The number of amides is 2. The van der Waals surface area contributed by atoms with Gasteiger partial charge in [0.1, 0.15) is 18.8 Å². The molecule has 4 N–H and O–H groups in total. The maximum absolute atomic E-state index is 13.2. The number of hydrogen-bond donors (Lipinski definition) is 3. The third-order valence-electron chi connectivity index (χ3n) is 4.60. The van der Waals surface area contributed by atoms with E-state index in [4.69, 9.17) is 19.6 Å². The van der Waals surface area contributed by atoms with Gasteiger partial charge in [-0.3, -0.25) is 14.2 Å². The SMILES string of the molecule is CCOP(=O)(OCC)C1=C(C(=O)O)N2C(=O)[C@@H](NC(=O)/C(=N/OC)c3csc(N)n3)CN2C1. The van der Waals surface area contributed by atoms with E-state index in [1.807, 2.05) is 0 Å². The summed E-state index contributed by atoms with van der Waals surface area (Å²) in [6.07, 6.45) is 0. The van der Waals surface area contributed by atoms with Crippen molar-refractivity contribution >= 4 is 47.6 Å². The minimum Gasteiger partial charge on any atom is -0.477 e. The second-order valence-corrected chi connectivity index (χ2v) is 9.59. The number of fused-ring (bicyclic) bond motifs is 1. The Balaban J connectivity index is 1.86. The highest BCUT2D eigenvalue weighted by Crippen LogP contribution is 2.59. The van der Waals surface area contributed by atoms with Crippen molar-refractivity contribution in [1.82, 2.24) is 20.3 Å². The van der Waals surface area contributed by atoms with Gasteiger partial charge in [-0.15, -0.1) is 11.3 Å². The fraction of sp³-hybridized carbons (Fsp3) is 0.471. The van der Waals surface area contributed by atoms with Crippen molar-refractivity contribution in [1.29, 1.82) is 0 Å². The third kappa shape index (κ3) is 4.77. The Labute approximate surface area is 192 Å². The highest BCUT2D eigenvalue weighted by molar-refractivity contribution is 7.58. The standard InChI is InChI=1S/C17H23N6O8PS/c1-4-30-32(28,31-5-2)11-7-22-6-9(15(25)23(22)13(11)16(26)27)19-14(24)12(21-29-3)10-8-33-17(18)20-10/h8-9H,4-7H2,1-3H3,(H2,18,20)(H,19,24)(H,26,27)/b21-12+/t9-/m0/s1. The highest BCUT2D eigenvalue weighted by atomic mass is 32.1. The molecule has 16 heteroatoms. The topological polar surface area (TPSA) is 186 Å². The molecule has 0 aliphatic carbocycles. The van der Waals surface area contributed by atoms with Crippen molar-refractivity contribution < 1.29 is 37.9 Å². The van der Waals surface area contributed by atoms with Crippen molar-refractivity contribution in [3.8, 4) is 0 Å². The van der Waals surface area contributed by atoms with Crippen LogP contribution in [0.3, 0.4) is 0 Å². The lowest BCUT2D eigenvalue weighted by atomic mass is 10.2. The van der Waals surface area contributed by atoms with Crippen LogP contribution in [0.1, 0.15) is 19.5 Å². The summed E-state index contributed by atoms with van der Waals surface area (Å²) in [6.45, 7) is 2.96. The molecule has 0 radical (unpaired) electrons. The van der Waals surface area contributed by atoms with Gasteiger partial charge in [0.05, 0.1) is 25.1 Å². The number of rotatable bonds is 10. The van der Waals surface area contributed by atoms with E-state index in [9.17, 15) is 24.1 Å². The first-order valence-corrected chi connectivity index (χ1v) is 12.2. The molecule has 2 amide bonds. The predicted octanol–water partition coefficient (Wildman–Crippen LogP) is 0.196. The van der Waals surface area contributed by atoms with Gasteiger partial charge in [0.2, 0.25) is 0 Å². The number of nitrogens with two attached hydrogens (primary N) is 1. The molecule has 14 nitrogen and oxygen atoms in total. The van der Waals surface area contributed by atoms with Crippen LogP contribution in [0.15, 0.2) is 21.5 Å². The molecule has 0 aromatic carbocycles. The fourth-order valence-electron chi connectivity index (χ4n) is 3.40. The monoisotopic (exact) mass is 502 g/mol. The molecule has 2 aliphatic heterocycles. The van der Waals surface area contributed by atoms with Crippen LogP contribution in [0.4, 0.5) is 5.13 Å². The largest absolute Gasteiger partial charge is 0.477 e.